The van der Waals surface area contributed by atoms with Gasteiger partial charge in [0.15, 0.2) is 0 Å². The van der Waals surface area contributed by atoms with Gasteiger partial charge in [-0.05, 0) is 11.8 Å². The van der Waals surface area contributed by atoms with E-state index in [0.29, 0.717) is 13.0 Å². The normalized spacial score (nSPS) is 23.7. The van der Waals surface area contributed by atoms with Crippen LogP contribution in [0, 0.1) is 11.3 Å². The fourth-order valence-corrected chi connectivity index (χ4v) is 1.60. The number of nitrogens with zero attached hydrogens (tertiary/aromatic N) is 2. The minimum Gasteiger partial charge on any atom is -0.409 e. The highest BCUT2D eigenvalue weighted by molar-refractivity contribution is 5.84. The molecule has 5 nitrogen and oxygen atoms in total. The summed E-state index contributed by atoms with van der Waals surface area (Å²) in [7, 11) is 1.75. The lowest BCUT2D eigenvalue weighted by atomic mass is 10.1. The van der Waals surface area contributed by atoms with E-state index in [4.69, 9.17) is 10.9 Å². The summed E-state index contributed by atoms with van der Waals surface area (Å²) in [6.07, 6.45) is 1.37. The SMILES string of the molecule is CN(CCC(N)=NO)C(=O)C1CC1(C)C. The van der Waals surface area contributed by atoms with E-state index in [1.165, 1.54) is 0 Å². The van der Waals surface area contributed by atoms with Crippen molar-refractivity contribution in [1.29, 1.82) is 0 Å². The lowest BCUT2D eigenvalue weighted by molar-refractivity contribution is -0.131. The zero-order chi connectivity index (χ0) is 11.6. The molecule has 5 heteroatoms. The van der Waals surface area contributed by atoms with E-state index in [1.54, 1.807) is 11.9 Å². The molecule has 1 fully saturated rings. The molecule has 1 amide bonds. The molecule has 0 aromatic heterocycles. The van der Waals surface area contributed by atoms with Gasteiger partial charge in [-0.3, -0.25) is 4.79 Å². The van der Waals surface area contributed by atoms with Crippen molar-refractivity contribution in [3.8, 4) is 0 Å². The van der Waals surface area contributed by atoms with Crippen LogP contribution in [0.5, 0.6) is 0 Å². The number of nitrogens with two attached hydrogens (primary N) is 1. The highest BCUT2D eigenvalue weighted by Gasteiger charge is 2.51. The molecular formula is C10H19N3O2. The van der Waals surface area contributed by atoms with Crippen molar-refractivity contribution in [2.75, 3.05) is 13.6 Å². The molecule has 0 heterocycles. The summed E-state index contributed by atoms with van der Waals surface area (Å²) in [4.78, 5) is 13.5. The van der Waals surface area contributed by atoms with Gasteiger partial charge < -0.3 is 15.8 Å². The summed E-state index contributed by atoms with van der Waals surface area (Å²) >= 11 is 0. The highest BCUT2D eigenvalue weighted by Crippen LogP contribution is 2.52. The second kappa shape index (κ2) is 4.08. The Bertz CT molecular complexity index is 286. The molecule has 1 rings (SSSR count). The van der Waals surface area contributed by atoms with Crippen LogP contribution in [0.1, 0.15) is 26.7 Å². The van der Waals surface area contributed by atoms with Crippen molar-refractivity contribution in [3.05, 3.63) is 0 Å². The number of carbonyl (C=O) groups excluding carboxylic acids is 1. The maximum absolute atomic E-state index is 11.8. The molecule has 3 N–H and O–H groups in total. The molecule has 0 spiro atoms. The van der Waals surface area contributed by atoms with Crippen LogP contribution < -0.4 is 5.73 Å². The maximum Gasteiger partial charge on any atom is 0.225 e. The van der Waals surface area contributed by atoms with Crippen LogP contribution in [0.15, 0.2) is 5.16 Å². The lowest BCUT2D eigenvalue weighted by Crippen LogP contribution is -2.32. The molecule has 1 saturated carbocycles. The smallest absolute Gasteiger partial charge is 0.225 e. The van der Waals surface area contributed by atoms with Gasteiger partial charge in [0.1, 0.15) is 5.84 Å². The monoisotopic (exact) mass is 213 g/mol. The Kier molecular flexibility index (Phi) is 3.21. The summed E-state index contributed by atoms with van der Waals surface area (Å²) in [5.41, 5.74) is 5.48. The first kappa shape index (κ1) is 11.8. The van der Waals surface area contributed by atoms with Gasteiger partial charge in [0.25, 0.3) is 0 Å². The number of amidine groups is 1. The van der Waals surface area contributed by atoms with Crippen LogP contribution >= 0.6 is 0 Å². The zero-order valence-corrected chi connectivity index (χ0v) is 9.53. The summed E-state index contributed by atoms with van der Waals surface area (Å²) in [6.45, 7) is 4.68. The van der Waals surface area contributed by atoms with Crippen molar-refractivity contribution in [3.63, 3.8) is 0 Å². The number of carbonyl (C=O) groups is 1. The molecule has 1 atom stereocenters. The first-order valence-corrected chi connectivity index (χ1v) is 5.10. The molecule has 1 unspecified atom stereocenters. The highest BCUT2D eigenvalue weighted by atomic mass is 16.4. The molecule has 0 aromatic carbocycles. The fraction of sp³-hybridized carbons (Fsp3) is 0.800. The zero-order valence-electron chi connectivity index (χ0n) is 9.53. The third-order valence-electron chi connectivity index (χ3n) is 3.02. The Morgan fingerprint density at radius 1 is 1.67 bits per heavy atom. The molecule has 0 aliphatic heterocycles. The fourth-order valence-electron chi connectivity index (χ4n) is 1.60. The Morgan fingerprint density at radius 3 is 2.60 bits per heavy atom. The molecule has 0 bridgehead atoms. The number of hydrogen-bond acceptors (Lipinski definition) is 3. The molecule has 0 radical (unpaired) electrons. The molecule has 0 aromatic rings. The predicted molar refractivity (Wildman–Crippen MR) is 57.6 cm³/mol. The minimum absolute atomic E-state index is 0.148. The molecule has 86 valence electrons. The van der Waals surface area contributed by atoms with Gasteiger partial charge in [-0.1, -0.05) is 19.0 Å². The third-order valence-corrected chi connectivity index (χ3v) is 3.02. The van der Waals surface area contributed by atoms with E-state index >= 15 is 0 Å². The van der Waals surface area contributed by atoms with Gasteiger partial charge in [-0.2, -0.15) is 0 Å². The topological polar surface area (TPSA) is 78.9 Å². The summed E-state index contributed by atoms with van der Waals surface area (Å²) < 4.78 is 0. The Morgan fingerprint density at radius 2 is 2.20 bits per heavy atom. The van der Waals surface area contributed by atoms with Gasteiger partial charge in [0.05, 0.1) is 0 Å². The molecule has 15 heavy (non-hydrogen) atoms. The van der Waals surface area contributed by atoms with E-state index in [1.807, 2.05) is 0 Å². The summed E-state index contributed by atoms with van der Waals surface area (Å²) in [6, 6.07) is 0. The lowest BCUT2D eigenvalue weighted by Gasteiger charge is -2.17. The van der Waals surface area contributed by atoms with Crippen LogP contribution in [-0.2, 0) is 4.79 Å². The largest absolute Gasteiger partial charge is 0.409 e. The van der Waals surface area contributed by atoms with E-state index in [-0.39, 0.29) is 23.1 Å². The van der Waals surface area contributed by atoms with Crippen molar-refractivity contribution in [2.45, 2.75) is 26.7 Å². The molecule has 0 saturated heterocycles. The Balaban J connectivity index is 2.35. The van der Waals surface area contributed by atoms with Crippen LogP contribution in [0.2, 0.25) is 0 Å². The third kappa shape index (κ3) is 2.84. The van der Waals surface area contributed by atoms with Crippen LogP contribution in [0.4, 0.5) is 0 Å². The minimum atomic E-state index is 0.148. The Labute approximate surface area is 89.9 Å². The number of hydrogen-bond donors (Lipinski definition) is 2. The molecule has 1 aliphatic rings. The average molecular weight is 213 g/mol. The van der Waals surface area contributed by atoms with Gasteiger partial charge >= 0.3 is 0 Å². The van der Waals surface area contributed by atoms with Crippen molar-refractivity contribution in [1.82, 2.24) is 4.90 Å². The van der Waals surface area contributed by atoms with E-state index < -0.39 is 0 Å². The second-order valence-electron chi connectivity index (χ2n) is 4.85. The van der Waals surface area contributed by atoms with Gasteiger partial charge in [0, 0.05) is 25.9 Å². The van der Waals surface area contributed by atoms with E-state index in [9.17, 15) is 4.79 Å². The first-order chi connectivity index (χ1) is 6.88. The predicted octanol–water partition coefficient (Wildman–Crippen LogP) is 0.627. The average Bonchev–Trinajstić information content (AvgIpc) is 2.82. The summed E-state index contributed by atoms with van der Waals surface area (Å²) in [5.74, 6) is 0.463. The quantitative estimate of drug-likeness (QED) is 0.311. The molecule has 1 aliphatic carbocycles. The maximum atomic E-state index is 11.8. The molecular weight excluding hydrogens is 194 g/mol. The van der Waals surface area contributed by atoms with Gasteiger partial charge in [-0.25, -0.2) is 0 Å². The Hall–Kier alpha value is -1.26. The van der Waals surface area contributed by atoms with E-state index in [0.717, 1.165) is 6.42 Å². The van der Waals surface area contributed by atoms with E-state index in [2.05, 4.69) is 19.0 Å². The van der Waals surface area contributed by atoms with Crippen molar-refractivity contribution >= 4 is 11.7 Å². The van der Waals surface area contributed by atoms with Gasteiger partial charge in [-0.15, -0.1) is 0 Å². The standard InChI is InChI=1S/C10H19N3O2/c1-10(2)6-7(10)9(14)13(3)5-4-8(11)12-15/h7,15H,4-6H2,1-3H3,(H2,11,12). The number of oxime groups is 1. The first-order valence-electron chi connectivity index (χ1n) is 5.10. The number of rotatable bonds is 4. The van der Waals surface area contributed by atoms with Gasteiger partial charge in [0.2, 0.25) is 5.91 Å². The van der Waals surface area contributed by atoms with Crippen LogP contribution in [0.3, 0.4) is 0 Å². The van der Waals surface area contributed by atoms with Crippen LogP contribution in [-0.4, -0.2) is 35.4 Å². The van der Waals surface area contributed by atoms with Crippen LogP contribution in [0.25, 0.3) is 0 Å². The number of amides is 1. The van der Waals surface area contributed by atoms with Crippen molar-refractivity contribution in [2.24, 2.45) is 22.2 Å². The second-order valence-corrected chi connectivity index (χ2v) is 4.85. The van der Waals surface area contributed by atoms with Crippen molar-refractivity contribution < 1.29 is 10.0 Å². The summed E-state index contributed by atoms with van der Waals surface area (Å²) in [5, 5.41) is 11.2.